The van der Waals surface area contributed by atoms with Gasteiger partial charge in [-0.15, -0.1) is 0 Å². The second-order valence-electron chi connectivity index (χ2n) is 2.34. The molecule has 66 valence electrons. The molecular weight excluding hydrogens is 152 g/mol. The molecule has 0 spiro atoms. The zero-order valence-corrected chi connectivity index (χ0v) is 7.07. The van der Waals surface area contributed by atoms with E-state index in [4.69, 9.17) is 5.11 Å². The summed E-state index contributed by atoms with van der Waals surface area (Å²) in [5, 5.41) is 8.24. The maximum atomic E-state index is 10.0. The van der Waals surface area contributed by atoms with Crippen LogP contribution in [0, 0.1) is 0 Å². The molecule has 0 aromatic rings. The third-order valence-corrected chi connectivity index (χ3v) is 1.27. The van der Waals surface area contributed by atoms with E-state index >= 15 is 0 Å². The number of allylic oxidation sites excluding steroid dienone is 4. The number of carboxylic acids is 1. The van der Waals surface area contributed by atoms with Crippen molar-refractivity contribution in [1.29, 1.82) is 0 Å². The van der Waals surface area contributed by atoms with Gasteiger partial charge in [-0.3, -0.25) is 0 Å². The van der Waals surface area contributed by atoms with E-state index in [9.17, 15) is 4.79 Å². The zero-order valence-electron chi connectivity index (χ0n) is 7.07. The fourth-order valence-electron chi connectivity index (χ4n) is 0.730. The average Bonchev–Trinajstić information content (AvgIpc) is 2.02. The van der Waals surface area contributed by atoms with Gasteiger partial charge in [-0.05, 0) is 19.3 Å². The molecule has 0 aromatic carbocycles. The van der Waals surface area contributed by atoms with E-state index in [1.54, 1.807) is 12.2 Å². The third-order valence-electron chi connectivity index (χ3n) is 1.27. The first-order valence-electron chi connectivity index (χ1n) is 3.94. The minimum absolute atomic E-state index is 0.813. The number of unbranched alkanes of at least 4 members (excludes halogenated alkanes) is 2. The van der Waals surface area contributed by atoms with E-state index in [1.807, 2.05) is 12.2 Å². The number of hydrogen-bond acceptors (Lipinski definition) is 1. The van der Waals surface area contributed by atoms with Crippen LogP contribution in [0.5, 0.6) is 0 Å². The van der Waals surface area contributed by atoms with Crippen molar-refractivity contribution in [3.63, 3.8) is 0 Å². The maximum absolute atomic E-state index is 10.0. The molecule has 12 heavy (non-hydrogen) atoms. The predicted molar refractivity (Wildman–Crippen MR) is 50.0 cm³/mol. The van der Waals surface area contributed by atoms with E-state index in [-0.39, 0.29) is 0 Å². The van der Waals surface area contributed by atoms with Crippen LogP contribution in [0.15, 0.2) is 37.0 Å². The molecule has 0 rings (SSSR count). The number of carboxylic acid groups (broad SMARTS) is 1. The first-order chi connectivity index (χ1) is 5.77. The van der Waals surface area contributed by atoms with Crippen LogP contribution in [0.1, 0.15) is 19.3 Å². The van der Waals surface area contributed by atoms with Gasteiger partial charge < -0.3 is 5.11 Å². The van der Waals surface area contributed by atoms with E-state index < -0.39 is 5.97 Å². The molecule has 1 N–H and O–H groups in total. The monoisotopic (exact) mass is 166 g/mol. The summed E-state index contributed by atoms with van der Waals surface area (Å²) in [7, 11) is 0. The Bertz CT molecular complexity index is 190. The fraction of sp³-hybridized carbons (Fsp3) is 0.300. The molecule has 0 aromatic heterocycles. The molecule has 0 saturated heterocycles. The molecule has 0 amide bonds. The topological polar surface area (TPSA) is 37.3 Å². The molecule has 0 bridgehead atoms. The van der Waals surface area contributed by atoms with Crippen molar-refractivity contribution in [2.45, 2.75) is 19.3 Å². The predicted octanol–water partition coefficient (Wildman–Crippen LogP) is 2.54. The molecular formula is C10H14O2. The van der Waals surface area contributed by atoms with Gasteiger partial charge in [0.1, 0.15) is 0 Å². The van der Waals surface area contributed by atoms with Gasteiger partial charge in [0.05, 0.1) is 0 Å². The van der Waals surface area contributed by atoms with Crippen molar-refractivity contribution in [2.24, 2.45) is 0 Å². The molecule has 0 radical (unpaired) electrons. The Morgan fingerprint density at radius 1 is 1.33 bits per heavy atom. The minimum Gasteiger partial charge on any atom is -0.478 e. The van der Waals surface area contributed by atoms with Crippen LogP contribution in [-0.2, 0) is 4.79 Å². The van der Waals surface area contributed by atoms with Crippen LogP contribution in [0.3, 0.4) is 0 Å². The summed E-state index contributed by atoms with van der Waals surface area (Å²) in [6.07, 6.45) is 11.2. The molecule has 2 nitrogen and oxygen atoms in total. The number of hydrogen-bond donors (Lipinski definition) is 1. The SMILES string of the molecule is C=C/C=C/CCCC=CC(=O)O. The van der Waals surface area contributed by atoms with Crippen molar-refractivity contribution >= 4 is 5.97 Å². The molecule has 0 aliphatic rings. The summed E-state index contributed by atoms with van der Waals surface area (Å²) < 4.78 is 0. The molecule has 0 aliphatic carbocycles. The highest BCUT2D eigenvalue weighted by atomic mass is 16.4. The van der Waals surface area contributed by atoms with Crippen LogP contribution in [0.2, 0.25) is 0 Å². The van der Waals surface area contributed by atoms with Gasteiger partial charge in [-0.25, -0.2) is 4.79 Å². The van der Waals surface area contributed by atoms with Crippen LogP contribution < -0.4 is 0 Å². The van der Waals surface area contributed by atoms with E-state index in [0.717, 1.165) is 19.3 Å². The first-order valence-corrected chi connectivity index (χ1v) is 3.94. The Kier molecular flexibility index (Phi) is 6.94. The maximum Gasteiger partial charge on any atom is 0.327 e. The Hall–Kier alpha value is -1.31. The summed E-state index contributed by atoms with van der Waals surface area (Å²) in [6.45, 7) is 3.54. The summed E-state index contributed by atoms with van der Waals surface area (Å²) in [4.78, 5) is 10.0. The molecule has 0 heterocycles. The van der Waals surface area contributed by atoms with Gasteiger partial charge in [-0.2, -0.15) is 0 Å². The van der Waals surface area contributed by atoms with Crippen LogP contribution >= 0.6 is 0 Å². The molecule has 0 fully saturated rings. The van der Waals surface area contributed by atoms with E-state index in [1.165, 1.54) is 6.08 Å². The summed E-state index contributed by atoms with van der Waals surface area (Å²) in [5.74, 6) is -0.878. The van der Waals surface area contributed by atoms with Gasteiger partial charge in [0, 0.05) is 6.08 Å². The molecule has 0 atom stereocenters. The first kappa shape index (κ1) is 10.7. The number of carbonyl (C=O) groups is 1. The Morgan fingerprint density at radius 2 is 2.00 bits per heavy atom. The Morgan fingerprint density at radius 3 is 2.58 bits per heavy atom. The average molecular weight is 166 g/mol. The molecule has 0 saturated carbocycles. The number of rotatable bonds is 6. The Balaban J connectivity index is 3.26. The highest BCUT2D eigenvalue weighted by Crippen LogP contribution is 1.97. The van der Waals surface area contributed by atoms with Crippen LogP contribution in [-0.4, -0.2) is 11.1 Å². The zero-order chi connectivity index (χ0) is 9.23. The molecule has 0 unspecified atom stereocenters. The van der Waals surface area contributed by atoms with Crippen molar-refractivity contribution in [3.8, 4) is 0 Å². The summed E-state index contributed by atoms with van der Waals surface area (Å²) in [5.41, 5.74) is 0. The third kappa shape index (κ3) is 8.69. The van der Waals surface area contributed by atoms with Crippen molar-refractivity contribution in [3.05, 3.63) is 37.0 Å². The lowest BCUT2D eigenvalue weighted by molar-refractivity contribution is -0.131. The number of aliphatic carboxylic acids is 1. The van der Waals surface area contributed by atoms with Gasteiger partial charge in [0.25, 0.3) is 0 Å². The van der Waals surface area contributed by atoms with E-state index in [0.29, 0.717) is 0 Å². The second-order valence-corrected chi connectivity index (χ2v) is 2.34. The van der Waals surface area contributed by atoms with E-state index in [2.05, 4.69) is 6.58 Å². The molecule has 0 aliphatic heterocycles. The molecule has 2 heteroatoms. The fourth-order valence-corrected chi connectivity index (χ4v) is 0.730. The lowest BCUT2D eigenvalue weighted by Crippen LogP contribution is -1.85. The van der Waals surface area contributed by atoms with Crippen molar-refractivity contribution in [2.75, 3.05) is 0 Å². The van der Waals surface area contributed by atoms with Crippen molar-refractivity contribution < 1.29 is 9.90 Å². The minimum atomic E-state index is -0.878. The quantitative estimate of drug-likeness (QED) is 0.374. The highest BCUT2D eigenvalue weighted by molar-refractivity contribution is 5.79. The van der Waals surface area contributed by atoms with Crippen molar-refractivity contribution in [1.82, 2.24) is 0 Å². The van der Waals surface area contributed by atoms with Gasteiger partial charge >= 0.3 is 5.97 Å². The van der Waals surface area contributed by atoms with Crippen LogP contribution in [0.4, 0.5) is 0 Å². The smallest absolute Gasteiger partial charge is 0.327 e. The largest absolute Gasteiger partial charge is 0.478 e. The normalized spacial score (nSPS) is 11.0. The summed E-state index contributed by atoms with van der Waals surface area (Å²) in [6, 6.07) is 0. The standard InChI is InChI=1S/C10H14O2/c1-2-3-4-5-6-7-8-9-10(11)12/h2-4,8-9H,1,5-7H2,(H,11,12)/b4-3+,9-8?. The van der Waals surface area contributed by atoms with Gasteiger partial charge in [0.2, 0.25) is 0 Å². The summed E-state index contributed by atoms with van der Waals surface area (Å²) >= 11 is 0. The van der Waals surface area contributed by atoms with Crippen LogP contribution in [0.25, 0.3) is 0 Å². The van der Waals surface area contributed by atoms with Gasteiger partial charge in [-0.1, -0.05) is 30.9 Å². The second kappa shape index (κ2) is 7.79. The highest BCUT2D eigenvalue weighted by Gasteiger charge is 1.84. The lowest BCUT2D eigenvalue weighted by Gasteiger charge is -1.87. The van der Waals surface area contributed by atoms with Gasteiger partial charge in [0.15, 0.2) is 0 Å². The lowest BCUT2D eigenvalue weighted by atomic mass is 10.2. The Labute approximate surface area is 72.9 Å².